The summed E-state index contributed by atoms with van der Waals surface area (Å²) in [5.41, 5.74) is 4.02. The Labute approximate surface area is 162 Å². The molecule has 3 aromatic heterocycles. The lowest BCUT2D eigenvalue weighted by Crippen LogP contribution is -2.34. The maximum absolute atomic E-state index is 12.6. The largest absolute Gasteiger partial charge is 0.352 e. The van der Waals surface area contributed by atoms with Crippen molar-refractivity contribution in [3.05, 3.63) is 41.7 Å². The van der Waals surface area contributed by atoms with E-state index in [1.165, 1.54) is 0 Å². The molecule has 0 radical (unpaired) electrons. The van der Waals surface area contributed by atoms with Crippen LogP contribution in [0.3, 0.4) is 0 Å². The molecule has 0 spiro atoms. The van der Waals surface area contributed by atoms with E-state index in [1.807, 2.05) is 62.6 Å². The number of amides is 1. The van der Waals surface area contributed by atoms with Gasteiger partial charge in [-0.05, 0) is 39.3 Å². The van der Waals surface area contributed by atoms with E-state index in [-0.39, 0.29) is 18.5 Å². The molecule has 1 atom stereocenters. The highest BCUT2D eigenvalue weighted by atomic mass is 16.2. The van der Waals surface area contributed by atoms with Gasteiger partial charge in [0.2, 0.25) is 5.91 Å². The number of aryl methyl sites for hydroxylation is 2. The van der Waals surface area contributed by atoms with Gasteiger partial charge >= 0.3 is 0 Å². The molecule has 0 unspecified atom stereocenters. The minimum absolute atomic E-state index is 0.0525. The first-order valence-corrected chi connectivity index (χ1v) is 9.42. The summed E-state index contributed by atoms with van der Waals surface area (Å²) < 4.78 is 3.56. The molecule has 1 amide bonds. The van der Waals surface area contributed by atoms with Crippen molar-refractivity contribution in [3.8, 4) is 5.95 Å². The van der Waals surface area contributed by atoms with Crippen molar-refractivity contribution in [2.75, 3.05) is 0 Å². The molecule has 28 heavy (non-hydrogen) atoms. The van der Waals surface area contributed by atoms with Crippen molar-refractivity contribution in [1.82, 2.24) is 34.8 Å². The van der Waals surface area contributed by atoms with Crippen LogP contribution in [0.5, 0.6) is 0 Å². The van der Waals surface area contributed by atoms with Crippen molar-refractivity contribution < 1.29 is 4.79 Å². The van der Waals surface area contributed by atoms with Gasteiger partial charge in [-0.1, -0.05) is 25.1 Å². The van der Waals surface area contributed by atoms with Crippen LogP contribution in [-0.2, 0) is 11.3 Å². The molecule has 0 aliphatic rings. The summed E-state index contributed by atoms with van der Waals surface area (Å²) in [4.78, 5) is 17.3. The quantitative estimate of drug-likeness (QED) is 0.577. The number of aromatic nitrogens is 6. The molecule has 0 bridgehead atoms. The number of nitrogens with zero attached hydrogens (tertiary/aromatic N) is 6. The number of nitrogens with one attached hydrogen (secondary N) is 1. The van der Waals surface area contributed by atoms with E-state index in [4.69, 9.17) is 4.98 Å². The van der Waals surface area contributed by atoms with Crippen molar-refractivity contribution in [1.29, 1.82) is 0 Å². The zero-order valence-corrected chi connectivity index (χ0v) is 16.5. The molecule has 8 nitrogen and oxygen atoms in total. The van der Waals surface area contributed by atoms with Crippen LogP contribution in [0.1, 0.15) is 31.7 Å². The summed E-state index contributed by atoms with van der Waals surface area (Å²) >= 11 is 0. The number of benzene rings is 1. The molecule has 0 fully saturated rings. The monoisotopic (exact) mass is 377 g/mol. The van der Waals surface area contributed by atoms with Crippen LogP contribution in [0.2, 0.25) is 0 Å². The highest BCUT2D eigenvalue weighted by molar-refractivity contribution is 6.04. The molecule has 8 heteroatoms. The molecule has 3 heterocycles. The topological polar surface area (TPSA) is 90.5 Å². The molecule has 144 valence electrons. The maximum atomic E-state index is 12.6. The number of carbonyl (C=O) groups is 1. The normalized spacial score (nSPS) is 12.6. The fourth-order valence-electron chi connectivity index (χ4n) is 3.34. The van der Waals surface area contributed by atoms with Crippen molar-refractivity contribution >= 4 is 28.0 Å². The van der Waals surface area contributed by atoms with E-state index in [0.29, 0.717) is 17.1 Å². The third-order valence-electron chi connectivity index (χ3n) is 4.88. The van der Waals surface area contributed by atoms with E-state index in [0.717, 1.165) is 28.7 Å². The summed E-state index contributed by atoms with van der Waals surface area (Å²) in [6, 6.07) is 9.92. The Balaban J connectivity index is 1.86. The standard InChI is InChI=1S/C20H23N7O/c1-5-12(2)21-17(28)11-26-16-9-7-6-8-15(16)18-19(26)22-20(24-23-18)27-14(4)10-13(3)25-27/h6-10,12H,5,11H2,1-4H3,(H,21,28)/t12-/m0/s1. The maximum Gasteiger partial charge on any atom is 0.272 e. The second-order valence-corrected chi connectivity index (χ2v) is 7.10. The van der Waals surface area contributed by atoms with Gasteiger partial charge in [-0.2, -0.15) is 10.1 Å². The third kappa shape index (κ3) is 3.11. The highest BCUT2D eigenvalue weighted by Gasteiger charge is 2.18. The summed E-state index contributed by atoms with van der Waals surface area (Å²) in [7, 11) is 0. The molecule has 0 saturated heterocycles. The predicted octanol–water partition coefficient (Wildman–Crippen LogP) is 2.70. The summed E-state index contributed by atoms with van der Waals surface area (Å²) in [5, 5.41) is 17.1. The third-order valence-corrected chi connectivity index (χ3v) is 4.88. The lowest BCUT2D eigenvalue weighted by atomic mass is 10.2. The van der Waals surface area contributed by atoms with Gasteiger partial charge in [-0.15, -0.1) is 10.2 Å². The zero-order valence-electron chi connectivity index (χ0n) is 16.5. The van der Waals surface area contributed by atoms with Gasteiger partial charge in [-0.3, -0.25) is 4.79 Å². The van der Waals surface area contributed by atoms with Gasteiger partial charge in [0.15, 0.2) is 5.65 Å². The van der Waals surface area contributed by atoms with E-state index in [2.05, 4.69) is 20.6 Å². The molecule has 4 rings (SSSR count). The molecule has 0 saturated carbocycles. The Morgan fingerprint density at radius 2 is 2.00 bits per heavy atom. The van der Waals surface area contributed by atoms with Crippen LogP contribution in [0.25, 0.3) is 28.0 Å². The summed E-state index contributed by atoms with van der Waals surface area (Å²) in [5.74, 6) is 0.341. The van der Waals surface area contributed by atoms with Crippen LogP contribution in [0.15, 0.2) is 30.3 Å². The lowest BCUT2D eigenvalue weighted by Gasteiger charge is -2.12. The van der Waals surface area contributed by atoms with Crippen molar-refractivity contribution in [2.45, 2.75) is 46.7 Å². The number of carbonyl (C=O) groups excluding carboxylic acids is 1. The molecule has 0 aliphatic carbocycles. The van der Waals surface area contributed by atoms with Gasteiger partial charge in [0.25, 0.3) is 5.95 Å². The Kier molecular flexibility index (Phi) is 4.54. The van der Waals surface area contributed by atoms with Crippen molar-refractivity contribution in [2.24, 2.45) is 0 Å². The molecule has 1 N–H and O–H groups in total. The Bertz CT molecular complexity index is 1170. The summed E-state index contributed by atoms with van der Waals surface area (Å²) in [6.07, 6.45) is 0.880. The molecular weight excluding hydrogens is 354 g/mol. The molecule has 1 aromatic carbocycles. The number of hydrogen-bond acceptors (Lipinski definition) is 5. The van der Waals surface area contributed by atoms with Crippen LogP contribution < -0.4 is 5.32 Å². The smallest absolute Gasteiger partial charge is 0.272 e. The van der Waals surface area contributed by atoms with Gasteiger partial charge < -0.3 is 9.88 Å². The van der Waals surface area contributed by atoms with Gasteiger partial charge in [0, 0.05) is 17.1 Å². The number of fused-ring (bicyclic) bond motifs is 3. The predicted molar refractivity (Wildman–Crippen MR) is 107 cm³/mol. The van der Waals surface area contributed by atoms with Gasteiger partial charge in [0.1, 0.15) is 12.1 Å². The minimum atomic E-state index is -0.0525. The van der Waals surface area contributed by atoms with E-state index in [9.17, 15) is 4.79 Å². The summed E-state index contributed by atoms with van der Waals surface area (Å²) in [6.45, 7) is 8.08. The zero-order chi connectivity index (χ0) is 19.8. The first kappa shape index (κ1) is 18.1. The van der Waals surface area contributed by atoms with Crippen LogP contribution in [0.4, 0.5) is 0 Å². The fourth-order valence-corrected chi connectivity index (χ4v) is 3.34. The Morgan fingerprint density at radius 3 is 2.71 bits per heavy atom. The second kappa shape index (κ2) is 7.03. The number of para-hydroxylation sites is 1. The van der Waals surface area contributed by atoms with E-state index >= 15 is 0 Å². The molecule has 0 aliphatic heterocycles. The lowest BCUT2D eigenvalue weighted by molar-refractivity contribution is -0.122. The fraction of sp³-hybridized carbons (Fsp3) is 0.350. The SMILES string of the molecule is CC[C@H](C)NC(=O)Cn1c2ccccc2c2nnc(-n3nc(C)cc3C)nc21. The second-order valence-electron chi connectivity index (χ2n) is 7.10. The van der Waals surface area contributed by atoms with Crippen LogP contribution >= 0.6 is 0 Å². The molecular formula is C20H23N7O. The number of rotatable bonds is 5. The Hall–Kier alpha value is -3.29. The first-order valence-electron chi connectivity index (χ1n) is 9.42. The van der Waals surface area contributed by atoms with Crippen LogP contribution in [-0.4, -0.2) is 41.5 Å². The van der Waals surface area contributed by atoms with Gasteiger partial charge in [0.05, 0.1) is 11.2 Å². The average molecular weight is 377 g/mol. The highest BCUT2D eigenvalue weighted by Crippen LogP contribution is 2.26. The Morgan fingerprint density at radius 1 is 1.21 bits per heavy atom. The average Bonchev–Trinajstić information content (AvgIpc) is 3.18. The van der Waals surface area contributed by atoms with Crippen molar-refractivity contribution in [3.63, 3.8) is 0 Å². The van der Waals surface area contributed by atoms with Gasteiger partial charge in [-0.25, -0.2) is 4.68 Å². The van der Waals surface area contributed by atoms with E-state index < -0.39 is 0 Å². The first-order chi connectivity index (χ1) is 13.5. The molecule has 4 aromatic rings. The van der Waals surface area contributed by atoms with E-state index in [1.54, 1.807) is 4.68 Å². The van der Waals surface area contributed by atoms with Crippen LogP contribution in [0, 0.1) is 13.8 Å². The minimum Gasteiger partial charge on any atom is -0.352 e. The number of hydrogen-bond donors (Lipinski definition) is 1.